The molecule has 0 unspecified atom stereocenters. The number of anilines is 1. The molecular formula is C18H27N3O5S. The van der Waals surface area contributed by atoms with Crippen molar-refractivity contribution in [3.05, 3.63) is 28.3 Å². The number of hydrogen-bond acceptors (Lipinski definition) is 6. The Bertz CT molecular complexity index is 782. The molecule has 2 N–H and O–H groups in total. The van der Waals surface area contributed by atoms with Gasteiger partial charge in [-0.05, 0) is 31.7 Å². The number of rotatable bonds is 6. The first-order chi connectivity index (χ1) is 12.8. The molecule has 2 fully saturated rings. The zero-order valence-electron chi connectivity index (χ0n) is 15.4. The van der Waals surface area contributed by atoms with Crippen LogP contribution in [0.5, 0.6) is 0 Å². The maximum atomic E-state index is 13.0. The molecule has 0 atom stereocenters. The molecule has 1 heterocycles. The summed E-state index contributed by atoms with van der Waals surface area (Å²) in [7, 11) is -3.82. The number of non-ortho nitro benzene ring substituents is 1. The van der Waals surface area contributed by atoms with Crippen molar-refractivity contribution in [3.63, 3.8) is 0 Å². The molecule has 1 saturated heterocycles. The van der Waals surface area contributed by atoms with Crippen molar-refractivity contribution in [3.8, 4) is 0 Å². The summed E-state index contributed by atoms with van der Waals surface area (Å²) < 4.78 is 27.4. The average molecular weight is 397 g/mol. The third-order valence-electron chi connectivity index (χ3n) is 5.50. The van der Waals surface area contributed by atoms with Crippen molar-refractivity contribution < 1.29 is 18.4 Å². The first-order valence-corrected chi connectivity index (χ1v) is 11.0. The average Bonchev–Trinajstić information content (AvgIpc) is 3.10. The van der Waals surface area contributed by atoms with Crippen LogP contribution in [0.2, 0.25) is 0 Å². The van der Waals surface area contributed by atoms with Gasteiger partial charge in [0.15, 0.2) is 0 Å². The predicted octanol–water partition coefficient (Wildman–Crippen LogP) is 2.88. The molecule has 8 nitrogen and oxygen atoms in total. The Morgan fingerprint density at radius 3 is 2.33 bits per heavy atom. The first kappa shape index (κ1) is 20.0. The summed E-state index contributed by atoms with van der Waals surface area (Å²) in [5, 5.41) is 25.0. The van der Waals surface area contributed by atoms with Gasteiger partial charge in [0.05, 0.1) is 16.2 Å². The lowest BCUT2D eigenvalue weighted by Crippen LogP contribution is -2.37. The van der Waals surface area contributed by atoms with E-state index in [9.17, 15) is 23.6 Å². The van der Waals surface area contributed by atoms with Gasteiger partial charge in [0, 0.05) is 31.8 Å². The van der Waals surface area contributed by atoms with E-state index >= 15 is 0 Å². The Balaban J connectivity index is 1.88. The second-order valence-electron chi connectivity index (χ2n) is 7.54. The van der Waals surface area contributed by atoms with Crippen LogP contribution in [0.3, 0.4) is 0 Å². The van der Waals surface area contributed by atoms with Gasteiger partial charge in [0.25, 0.3) is 5.69 Å². The van der Waals surface area contributed by atoms with Gasteiger partial charge in [0.2, 0.25) is 10.0 Å². The van der Waals surface area contributed by atoms with E-state index in [1.54, 1.807) is 0 Å². The van der Waals surface area contributed by atoms with Gasteiger partial charge >= 0.3 is 0 Å². The summed E-state index contributed by atoms with van der Waals surface area (Å²) in [6, 6.07) is 3.84. The summed E-state index contributed by atoms with van der Waals surface area (Å²) in [5.74, 6) is 0. The van der Waals surface area contributed by atoms with Crippen molar-refractivity contribution in [1.29, 1.82) is 0 Å². The van der Waals surface area contributed by atoms with Crippen molar-refractivity contribution in [1.82, 2.24) is 4.31 Å². The number of nitro groups is 1. The van der Waals surface area contributed by atoms with E-state index in [0.29, 0.717) is 31.6 Å². The molecule has 0 radical (unpaired) electrons. The Hall–Kier alpha value is -1.71. The van der Waals surface area contributed by atoms with Gasteiger partial charge < -0.3 is 10.4 Å². The summed E-state index contributed by atoms with van der Waals surface area (Å²) in [6.45, 7) is 1.08. The number of nitrogens with zero attached hydrogens (tertiary/aromatic N) is 2. The molecule has 0 aromatic heterocycles. The fourth-order valence-electron chi connectivity index (χ4n) is 3.87. The van der Waals surface area contributed by atoms with Gasteiger partial charge in [0.1, 0.15) is 4.90 Å². The van der Waals surface area contributed by atoms with E-state index in [0.717, 1.165) is 44.6 Å². The van der Waals surface area contributed by atoms with Crippen LogP contribution in [0.1, 0.15) is 51.4 Å². The molecule has 3 rings (SSSR count). The van der Waals surface area contributed by atoms with Crippen LogP contribution < -0.4 is 5.32 Å². The van der Waals surface area contributed by atoms with E-state index in [-0.39, 0.29) is 17.1 Å². The lowest BCUT2D eigenvalue weighted by atomic mass is 9.94. The Kier molecular flexibility index (Phi) is 6.02. The molecule has 27 heavy (non-hydrogen) atoms. The SMILES string of the molecule is O=[N+]([O-])c1ccc(NCC2(O)CCCCCC2)c(S(=O)(=O)N2CCCC2)c1. The fourth-order valence-corrected chi connectivity index (χ4v) is 5.58. The second-order valence-corrected chi connectivity index (χ2v) is 9.45. The number of nitro benzene ring substituents is 1. The predicted molar refractivity (Wildman–Crippen MR) is 102 cm³/mol. The van der Waals surface area contributed by atoms with E-state index in [2.05, 4.69) is 5.32 Å². The van der Waals surface area contributed by atoms with E-state index < -0.39 is 20.5 Å². The van der Waals surface area contributed by atoms with Crippen LogP contribution in [0.25, 0.3) is 0 Å². The summed E-state index contributed by atoms with van der Waals surface area (Å²) in [5.41, 5.74) is -0.830. The highest BCUT2D eigenvalue weighted by molar-refractivity contribution is 7.89. The maximum Gasteiger partial charge on any atom is 0.270 e. The summed E-state index contributed by atoms with van der Waals surface area (Å²) >= 11 is 0. The second kappa shape index (κ2) is 8.12. The topological polar surface area (TPSA) is 113 Å². The highest BCUT2D eigenvalue weighted by Crippen LogP contribution is 2.32. The molecule has 1 aliphatic carbocycles. The van der Waals surface area contributed by atoms with Gasteiger partial charge in [-0.25, -0.2) is 8.42 Å². The number of benzene rings is 1. The summed E-state index contributed by atoms with van der Waals surface area (Å²) in [6.07, 6.45) is 6.98. The lowest BCUT2D eigenvalue weighted by Gasteiger charge is -2.28. The standard InChI is InChI=1S/C18H27N3O5S/c22-18(9-3-1-2-4-10-18)14-19-16-8-7-15(21(23)24)13-17(16)27(25,26)20-11-5-6-12-20/h7-8,13,19,22H,1-6,9-12,14H2. The van der Waals surface area contributed by atoms with Crippen LogP contribution in [0, 0.1) is 10.1 Å². The van der Waals surface area contributed by atoms with Gasteiger partial charge in [-0.2, -0.15) is 4.31 Å². The number of nitrogens with one attached hydrogen (secondary N) is 1. The maximum absolute atomic E-state index is 13.0. The van der Waals surface area contributed by atoms with Gasteiger partial charge in [-0.15, -0.1) is 0 Å². The third kappa shape index (κ3) is 4.59. The molecule has 1 aromatic carbocycles. The minimum absolute atomic E-state index is 0.0872. The lowest BCUT2D eigenvalue weighted by molar-refractivity contribution is -0.385. The normalized spacial score (nSPS) is 20.9. The minimum atomic E-state index is -3.82. The number of aliphatic hydroxyl groups is 1. The fraction of sp³-hybridized carbons (Fsp3) is 0.667. The van der Waals surface area contributed by atoms with E-state index in [1.807, 2.05) is 0 Å². The zero-order chi connectivity index (χ0) is 19.5. The van der Waals surface area contributed by atoms with Crippen LogP contribution in [-0.2, 0) is 10.0 Å². The highest BCUT2D eigenvalue weighted by Gasteiger charge is 2.32. The van der Waals surface area contributed by atoms with Crippen molar-refractivity contribution in [2.45, 2.75) is 61.9 Å². The highest BCUT2D eigenvalue weighted by atomic mass is 32.2. The van der Waals surface area contributed by atoms with Crippen molar-refractivity contribution in [2.24, 2.45) is 0 Å². The Morgan fingerprint density at radius 2 is 1.74 bits per heavy atom. The van der Waals surface area contributed by atoms with E-state index in [4.69, 9.17) is 0 Å². The van der Waals surface area contributed by atoms with Crippen LogP contribution in [0.4, 0.5) is 11.4 Å². The quantitative estimate of drug-likeness (QED) is 0.433. The molecule has 9 heteroatoms. The molecule has 150 valence electrons. The van der Waals surface area contributed by atoms with Crippen LogP contribution >= 0.6 is 0 Å². The summed E-state index contributed by atoms with van der Waals surface area (Å²) in [4.78, 5) is 10.5. The number of sulfonamides is 1. The Morgan fingerprint density at radius 1 is 1.11 bits per heavy atom. The molecule has 1 saturated carbocycles. The monoisotopic (exact) mass is 397 g/mol. The Labute approximate surface area is 159 Å². The first-order valence-electron chi connectivity index (χ1n) is 9.57. The molecule has 0 bridgehead atoms. The molecule has 0 spiro atoms. The third-order valence-corrected chi connectivity index (χ3v) is 7.44. The molecule has 1 aromatic rings. The van der Waals surface area contributed by atoms with Crippen molar-refractivity contribution in [2.75, 3.05) is 25.0 Å². The minimum Gasteiger partial charge on any atom is -0.388 e. The molecule has 1 aliphatic heterocycles. The van der Waals surface area contributed by atoms with E-state index in [1.165, 1.54) is 16.4 Å². The van der Waals surface area contributed by atoms with Crippen LogP contribution in [-0.4, -0.2) is 48.0 Å². The van der Waals surface area contributed by atoms with Gasteiger partial charge in [-0.3, -0.25) is 10.1 Å². The molecule has 0 amide bonds. The molecule has 2 aliphatic rings. The smallest absolute Gasteiger partial charge is 0.270 e. The van der Waals surface area contributed by atoms with Crippen molar-refractivity contribution >= 4 is 21.4 Å². The largest absolute Gasteiger partial charge is 0.388 e. The molecular weight excluding hydrogens is 370 g/mol. The van der Waals surface area contributed by atoms with Gasteiger partial charge in [-0.1, -0.05) is 25.7 Å². The number of hydrogen-bond donors (Lipinski definition) is 2. The van der Waals surface area contributed by atoms with Crippen LogP contribution in [0.15, 0.2) is 23.1 Å². The zero-order valence-corrected chi connectivity index (χ0v) is 16.2.